The highest BCUT2D eigenvalue weighted by molar-refractivity contribution is 6.11. The Kier molecular flexibility index (Phi) is 9.29. The van der Waals surface area contributed by atoms with Gasteiger partial charge in [0.2, 0.25) is 0 Å². The minimum absolute atomic E-state index is 0.00771. The monoisotopic (exact) mass is 531 g/mol. The number of likely N-dealkylation sites (tertiary alicyclic amines) is 1. The number of benzene rings is 2. The number of nitrogens with two attached hydrogens (primary N) is 1. The Morgan fingerprint density at radius 1 is 1.05 bits per heavy atom. The second kappa shape index (κ2) is 12.2. The van der Waals surface area contributed by atoms with Gasteiger partial charge in [-0.2, -0.15) is 0 Å². The number of hydrogen-bond acceptors (Lipinski definition) is 8. The summed E-state index contributed by atoms with van der Waals surface area (Å²) in [6.07, 6.45) is -0.498. The van der Waals surface area contributed by atoms with Gasteiger partial charge in [0.15, 0.2) is 24.1 Å². The van der Waals surface area contributed by atoms with E-state index in [0.717, 1.165) is 0 Å². The van der Waals surface area contributed by atoms with Crippen molar-refractivity contribution in [2.45, 2.75) is 45.4 Å². The van der Waals surface area contributed by atoms with E-state index in [2.05, 4.69) is 5.32 Å². The van der Waals surface area contributed by atoms with Crippen LogP contribution in [-0.2, 0) is 9.47 Å². The average Bonchev–Trinajstić information content (AvgIpc) is 3.23. The SMILES string of the molecule is CCOCOc1ccc(OC)c(F)c1C(=O)c1ccc(C(=O)N[C@H]2CN(C(=O)OC(C)(C)C)C[C@H]2N)cc1. The van der Waals surface area contributed by atoms with Crippen molar-refractivity contribution in [1.82, 2.24) is 10.2 Å². The van der Waals surface area contributed by atoms with Crippen molar-refractivity contribution in [1.29, 1.82) is 0 Å². The Balaban J connectivity index is 1.71. The van der Waals surface area contributed by atoms with E-state index < -0.39 is 41.3 Å². The summed E-state index contributed by atoms with van der Waals surface area (Å²) in [5.41, 5.74) is 5.60. The third kappa shape index (κ3) is 6.99. The van der Waals surface area contributed by atoms with E-state index in [-0.39, 0.29) is 48.1 Å². The zero-order valence-corrected chi connectivity index (χ0v) is 22.2. The predicted molar refractivity (Wildman–Crippen MR) is 137 cm³/mol. The quantitative estimate of drug-likeness (QED) is 0.287. The van der Waals surface area contributed by atoms with E-state index in [9.17, 15) is 14.4 Å². The molecule has 1 aliphatic heterocycles. The molecule has 0 aliphatic carbocycles. The van der Waals surface area contributed by atoms with Crippen LogP contribution in [0.1, 0.15) is 54.0 Å². The number of rotatable bonds is 9. The van der Waals surface area contributed by atoms with E-state index in [1.807, 2.05) is 0 Å². The summed E-state index contributed by atoms with van der Waals surface area (Å²) in [6.45, 7) is 7.76. The van der Waals surface area contributed by atoms with Crippen LogP contribution in [0.3, 0.4) is 0 Å². The van der Waals surface area contributed by atoms with Crippen molar-refractivity contribution in [3.8, 4) is 11.5 Å². The number of carbonyl (C=O) groups excluding carboxylic acids is 3. The highest BCUT2D eigenvalue weighted by atomic mass is 19.1. The Morgan fingerprint density at radius 2 is 1.68 bits per heavy atom. The molecular formula is C27H34FN3O7. The Hall–Kier alpha value is -3.70. The van der Waals surface area contributed by atoms with Crippen molar-refractivity contribution in [2.24, 2.45) is 5.73 Å². The van der Waals surface area contributed by atoms with Crippen LogP contribution in [0, 0.1) is 5.82 Å². The van der Waals surface area contributed by atoms with Crippen LogP contribution in [0.5, 0.6) is 11.5 Å². The zero-order chi connectivity index (χ0) is 28.0. The highest BCUT2D eigenvalue weighted by Crippen LogP contribution is 2.31. The fraction of sp³-hybridized carbons (Fsp3) is 0.444. The lowest BCUT2D eigenvalue weighted by molar-refractivity contribution is 0.0217. The van der Waals surface area contributed by atoms with Crippen LogP contribution >= 0.6 is 0 Å². The van der Waals surface area contributed by atoms with Gasteiger partial charge in [-0.15, -0.1) is 0 Å². The number of carbonyl (C=O) groups is 3. The molecule has 1 saturated heterocycles. The smallest absolute Gasteiger partial charge is 0.410 e. The van der Waals surface area contributed by atoms with Crippen LogP contribution in [0.2, 0.25) is 0 Å². The lowest BCUT2D eigenvalue weighted by Gasteiger charge is -2.24. The molecular weight excluding hydrogens is 497 g/mol. The van der Waals surface area contributed by atoms with Crippen LogP contribution in [-0.4, -0.2) is 74.0 Å². The summed E-state index contributed by atoms with van der Waals surface area (Å²) in [4.78, 5) is 39.8. The number of nitrogens with zero attached hydrogens (tertiary/aromatic N) is 1. The van der Waals surface area contributed by atoms with E-state index in [1.54, 1.807) is 27.7 Å². The minimum Gasteiger partial charge on any atom is -0.494 e. The molecule has 2 amide bonds. The fourth-order valence-corrected chi connectivity index (χ4v) is 3.84. The fourth-order valence-electron chi connectivity index (χ4n) is 3.84. The van der Waals surface area contributed by atoms with Crippen LogP contribution in [0.15, 0.2) is 36.4 Å². The van der Waals surface area contributed by atoms with E-state index in [0.29, 0.717) is 6.61 Å². The second-order valence-electron chi connectivity index (χ2n) is 9.75. The largest absolute Gasteiger partial charge is 0.494 e. The van der Waals surface area contributed by atoms with Crippen LogP contribution in [0.25, 0.3) is 0 Å². The van der Waals surface area contributed by atoms with E-state index in [4.69, 9.17) is 24.7 Å². The molecule has 1 fully saturated rings. The lowest BCUT2D eigenvalue weighted by atomic mass is 10.00. The van der Waals surface area contributed by atoms with Crippen molar-refractivity contribution in [3.05, 3.63) is 58.9 Å². The third-order valence-electron chi connectivity index (χ3n) is 5.76. The molecule has 2 aromatic carbocycles. The molecule has 206 valence electrons. The molecule has 0 radical (unpaired) electrons. The first-order valence-electron chi connectivity index (χ1n) is 12.2. The zero-order valence-electron chi connectivity index (χ0n) is 22.2. The normalized spacial score (nSPS) is 17.2. The van der Waals surface area contributed by atoms with E-state index >= 15 is 4.39 Å². The molecule has 2 atom stereocenters. The van der Waals surface area contributed by atoms with Crippen LogP contribution < -0.4 is 20.5 Å². The van der Waals surface area contributed by atoms with Gasteiger partial charge in [-0.1, -0.05) is 12.1 Å². The van der Waals surface area contributed by atoms with Crippen molar-refractivity contribution in [2.75, 3.05) is 33.6 Å². The summed E-state index contributed by atoms with van der Waals surface area (Å²) in [7, 11) is 1.30. The first-order valence-corrected chi connectivity index (χ1v) is 12.2. The number of ketones is 1. The second-order valence-corrected chi connectivity index (χ2v) is 9.75. The molecule has 10 nitrogen and oxygen atoms in total. The van der Waals surface area contributed by atoms with Gasteiger partial charge < -0.3 is 34.9 Å². The van der Waals surface area contributed by atoms with Crippen LogP contribution in [0.4, 0.5) is 9.18 Å². The summed E-state index contributed by atoms with van der Waals surface area (Å²) in [5.74, 6) is -2.04. The molecule has 0 bridgehead atoms. The maximum atomic E-state index is 15.0. The highest BCUT2D eigenvalue weighted by Gasteiger charge is 2.36. The number of ether oxygens (including phenoxy) is 4. The van der Waals surface area contributed by atoms with Gasteiger partial charge in [-0.05, 0) is 52.0 Å². The summed E-state index contributed by atoms with van der Waals surface area (Å²) in [6, 6.07) is 7.58. The Labute approximate surface area is 221 Å². The van der Waals surface area contributed by atoms with Gasteiger partial charge in [-0.3, -0.25) is 9.59 Å². The van der Waals surface area contributed by atoms with Gasteiger partial charge in [0, 0.05) is 36.9 Å². The maximum Gasteiger partial charge on any atom is 0.410 e. The maximum absolute atomic E-state index is 15.0. The first kappa shape index (κ1) is 28.9. The molecule has 0 aromatic heterocycles. The Morgan fingerprint density at radius 3 is 2.29 bits per heavy atom. The summed E-state index contributed by atoms with van der Waals surface area (Å²) < 4.78 is 36.0. The Bertz CT molecular complexity index is 1160. The molecule has 1 heterocycles. The molecule has 3 N–H and O–H groups in total. The van der Waals surface area contributed by atoms with Crippen molar-refractivity contribution in [3.63, 3.8) is 0 Å². The van der Waals surface area contributed by atoms with Gasteiger partial charge in [0.1, 0.15) is 16.9 Å². The molecule has 2 aromatic rings. The van der Waals surface area contributed by atoms with Gasteiger partial charge in [0.05, 0.1) is 13.2 Å². The number of amides is 2. The number of nitrogens with one attached hydrogen (secondary N) is 1. The molecule has 0 unspecified atom stereocenters. The molecule has 0 saturated carbocycles. The first-order chi connectivity index (χ1) is 17.9. The molecule has 3 rings (SSSR count). The lowest BCUT2D eigenvalue weighted by Crippen LogP contribution is -2.46. The number of hydrogen-bond donors (Lipinski definition) is 2. The molecule has 11 heteroatoms. The standard InChI is InChI=1S/C27H34FN3O7/c1-6-36-15-37-20-11-12-21(35-5)23(28)22(20)24(32)16-7-9-17(10-8-16)25(33)30-19-14-31(13-18(19)29)26(34)38-27(2,3)4/h7-12,18-19H,6,13-15,29H2,1-5H3,(H,30,33)/t18-,19+/m1/s1. The van der Waals surface area contributed by atoms with Gasteiger partial charge in [0.25, 0.3) is 5.91 Å². The average molecular weight is 532 g/mol. The molecule has 1 aliphatic rings. The predicted octanol–water partition coefficient (Wildman–Crippen LogP) is 3.11. The topological polar surface area (TPSA) is 129 Å². The summed E-state index contributed by atoms with van der Waals surface area (Å²) in [5, 5.41) is 2.83. The molecule has 0 spiro atoms. The van der Waals surface area contributed by atoms with Gasteiger partial charge in [-0.25, -0.2) is 9.18 Å². The third-order valence-corrected chi connectivity index (χ3v) is 5.76. The minimum atomic E-state index is -0.863. The van der Waals surface area contributed by atoms with Gasteiger partial charge >= 0.3 is 6.09 Å². The molecule has 38 heavy (non-hydrogen) atoms. The summed E-state index contributed by atoms with van der Waals surface area (Å²) >= 11 is 0. The van der Waals surface area contributed by atoms with E-state index in [1.165, 1.54) is 48.4 Å². The number of methoxy groups -OCH3 is 1. The van der Waals surface area contributed by atoms with Crippen molar-refractivity contribution < 1.29 is 37.7 Å². The van der Waals surface area contributed by atoms with Crippen molar-refractivity contribution >= 4 is 17.8 Å². The number of halogens is 1.